The quantitative estimate of drug-likeness (QED) is 0.835. The van der Waals surface area contributed by atoms with E-state index in [9.17, 15) is 4.79 Å². The molecule has 0 aromatic carbocycles. The minimum absolute atomic E-state index is 0.0677. The maximum atomic E-state index is 12.7. The topological polar surface area (TPSA) is 46.3 Å². The average molecular weight is 347 g/mol. The predicted octanol–water partition coefficient (Wildman–Crippen LogP) is 3.51. The van der Waals surface area contributed by atoms with Gasteiger partial charge in [-0.3, -0.25) is 9.78 Å². The summed E-state index contributed by atoms with van der Waals surface area (Å²) in [7, 11) is 0. The van der Waals surface area contributed by atoms with Crippen LogP contribution in [-0.4, -0.2) is 22.3 Å². The lowest BCUT2D eigenvalue weighted by Crippen LogP contribution is -2.36. The molecule has 3 heterocycles. The largest absolute Gasteiger partial charge is 0.468 e. The maximum Gasteiger partial charge on any atom is 0.257 e. The van der Waals surface area contributed by atoms with Crippen LogP contribution in [0.3, 0.4) is 0 Å². The fourth-order valence-electron chi connectivity index (χ4n) is 2.92. The van der Waals surface area contributed by atoms with Gasteiger partial charge in [0.2, 0.25) is 0 Å². The summed E-state index contributed by atoms with van der Waals surface area (Å²) in [6.07, 6.45) is 6.51. The number of pyridine rings is 1. The highest BCUT2D eigenvalue weighted by molar-refractivity contribution is 9.10. The Balaban J connectivity index is 1.60. The van der Waals surface area contributed by atoms with Crippen LogP contribution in [0.1, 0.15) is 46.1 Å². The van der Waals surface area contributed by atoms with E-state index in [4.69, 9.17) is 4.42 Å². The Bertz CT molecular complexity index is 706. The predicted molar refractivity (Wildman–Crippen MR) is 81.1 cm³/mol. The number of hydrogen-bond donors (Lipinski definition) is 0. The molecule has 21 heavy (non-hydrogen) atoms. The molecule has 0 saturated heterocycles. The highest BCUT2D eigenvalue weighted by Crippen LogP contribution is 2.42. The molecule has 2 aromatic heterocycles. The molecule has 108 valence electrons. The molecular formula is C16H15BrN2O2. The Morgan fingerprint density at radius 2 is 2.24 bits per heavy atom. The Labute approximate surface area is 131 Å². The zero-order valence-corrected chi connectivity index (χ0v) is 13.1. The van der Waals surface area contributed by atoms with E-state index in [1.54, 1.807) is 18.5 Å². The van der Waals surface area contributed by atoms with Crippen LogP contribution < -0.4 is 0 Å². The van der Waals surface area contributed by atoms with E-state index in [1.165, 1.54) is 5.56 Å². The molecule has 0 bridgehead atoms. The lowest BCUT2D eigenvalue weighted by Gasteiger charge is -2.28. The van der Waals surface area contributed by atoms with Gasteiger partial charge in [0, 0.05) is 23.1 Å². The Morgan fingerprint density at radius 1 is 1.38 bits per heavy atom. The van der Waals surface area contributed by atoms with E-state index >= 15 is 0 Å². The molecule has 1 fully saturated rings. The molecule has 0 radical (unpaired) electrons. The lowest BCUT2D eigenvalue weighted by atomic mass is 10.0. The number of aromatic nitrogens is 1. The molecule has 1 saturated carbocycles. The second-order valence-electron chi connectivity index (χ2n) is 5.67. The van der Waals surface area contributed by atoms with Crippen LogP contribution in [0.4, 0.5) is 0 Å². The van der Waals surface area contributed by atoms with Gasteiger partial charge in [0.25, 0.3) is 5.91 Å². The first-order valence-electron chi connectivity index (χ1n) is 7.23. The summed E-state index contributed by atoms with van der Waals surface area (Å²) in [4.78, 5) is 19.0. The monoisotopic (exact) mass is 346 g/mol. The summed E-state index contributed by atoms with van der Waals surface area (Å²) in [6.45, 7) is 1.30. The number of halogens is 1. The first kappa shape index (κ1) is 13.1. The Kier molecular flexibility index (Phi) is 3.10. The standard InChI is InChI=1S/C16H15BrN2O2/c17-13-3-6-18-14-9-19(7-4-11(13)14)16(20)12-5-8-21-15(12)10-1-2-10/h3,5-6,8,10H,1-2,4,7,9H2. The van der Waals surface area contributed by atoms with Crippen LogP contribution in [0.5, 0.6) is 0 Å². The molecular weight excluding hydrogens is 332 g/mol. The van der Waals surface area contributed by atoms with E-state index in [1.807, 2.05) is 11.0 Å². The van der Waals surface area contributed by atoms with Gasteiger partial charge in [-0.15, -0.1) is 0 Å². The fourth-order valence-corrected chi connectivity index (χ4v) is 3.46. The summed E-state index contributed by atoms with van der Waals surface area (Å²) in [6, 6.07) is 3.76. The van der Waals surface area contributed by atoms with Gasteiger partial charge in [0.05, 0.1) is 24.1 Å². The van der Waals surface area contributed by atoms with Gasteiger partial charge in [-0.1, -0.05) is 15.9 Å². The smallest absolute Gasteiger partial charge is 0.257 e. The number of furan rings is 1. The van der Waals surface area contributed by atoms with Crippen LogP contribution in [0.15, 0.2) is 33.5 Å². The van der Waals surface area contributed by atoms with Crippen molar-refractivity contribution in [1.29, 1.82) is 0 Å². The molecule has 2 aliphatic rings. The normalized spacial score (nSPS) is 17.7. The van der Waals surface area contributed by atoms with Crippen LogP contribution in [0, 0.1) is 0 Å². The van der Waals surface area contributed by atoms with Crippen molar-refractivity contribution in [2.75, 3.05) is 6.54 Å². The summed E-state index contributed by atoms with van der Waals surface area (Å²) in [5, 5.41) is 0. The number of carbonyl (C=O) groups is 1. The fraction of sp³-hybridized carbons (Fsp3) is 0.375. The second-order valence-corrected chi connectivity index (χ2v) is 6.52. The van der Waals surface area contributed by atoms with Gasteiger partial charge in [0.15, 0.2) is 0 Å². The molecule has 0 N–H and O–H groups in total. The van der Waals surface area contributed by atoms with E-state index in [2.05, 4.69) is 20.9 Å². The molecule has 5 heteroatoms. The average Bonchev–Trinajstić information content (AvgIpc) is 3.23. The van der Waals surface area contributed by atoms with E-state index in [0.29, 0.717) is 12.5 Å². The van der Waals surface area contributed by atoms with Gasteiger partial charge in [-0.25, -0.2) is 0 Å². The minimum Gasteiger partial charge on any atom is -0.468 e. The van der Waals surface area contributed by atoms with Crippen LogP contribution in [-0.2, 0) is 13.0 Å². The summed E-state index contributed by atoms with van der Waals surface area (Å²) >= 11 is 3.56. The van der Waals surface area contributed by atoms with Gasteiger partial charge < -0.3 is 9.32 Å². The first-order chi connectivity index (χ1) is 10.2. The summed E-state index contributed by atoms with van der Waals surface area (Å²) in [5.41, 5.74) is 2.94. The van der Waals surface area contributed by atoms with Gasteiger partial charge in [0.1, 0.15) is 5.76 Å². The van der Waals surface area contributed by atoms with Crippen molar-refractivity contribution in [3.8, 4) is 0 Å². The van der Waals surface area contributed by atoms with E-state index in [0.717, 1.165) is 47.3 Å². The van der Waals surface area contributed by atoms with Gasteiger partial charge in [-0.05, 0) is 37.0 Å². The molecule has 0 atom stereocenters. The van der Waals surface area contributed by atoms with Crippen LogP contribution in [0.2, 0.25) is 0 Å². The molecule has 2 aromatic rings. The second kappa shape index (κ2) is 4.98. The number of amides is 1. The zero-order valence-electron chi connectivity index (χ0n) is 11.5. The van der Waals surface area contributed by atoms with E-state index < -0.39 is 0 Å². The summed E-state index contributed by atoms with van der Waals surface area (Å²) in [5.74, 6) is 1.38. The van der Waals surface area contributed by atoms with Crippen molar-refractivity contribution in [3.05, 3.63) is 51.6 Å². The lowest BCUT2D eigenvalue weighted by molar-refractivity contribution is 0.0729. The third kappa shape index (κ3) is 2.29. The molecule has 0 unspecified atom stereocenters. The van der Waals surface area contributed by atoms with Gasteiger partial charge >= 0.3 is 0 Å². The Hall–Kier alpha value is -1.62. The van der Waals surface area contributed by atoms with Gasteiger partial charge in [-0.2, -0.15) is 0 Å². The number of fused-ring (bicyclic) bond motifs is 1. The maximum absolute atomic E-state index is 12.7. The van der Waals surface area contributed by atoms with Crippen molar-refractivity contribution in [3.63, 3.8) is 0 Å². The molecule has 1 aliphatic carbocycles. The highest BCUT2D eigenvalue weighted by atomic mass is 79.9. The van der Waals surface area contributed by atoms with Crippen LogP contribution >= 0.6 is 15.9 Å². The van der Waals surface area contributed by atoms with E-state index in [-0.39, 0.29) is 5.91 Å². The molecule has 4 nitrogen and oxygen atoms in total. The van der Waals surface area contributed by atoms with Crippen molar-refractivity contribution in [1.82, 2.24) is 9.88 Å². The highest BCUT2D eigenvalue weighted by Gasteiger charge is 2.33. The van der Waals surface area contributed by atoms with Crippen molar-refractivity contribution in [2.24, 2.45) is 0 Å². The van der Waals surface area contributed by atoms with Crippen molar-refractivity contribution < 1.29 is 9.21 Å². The number of carbonyl (C=O) groups excluding carboxylic acids is 1. The molecule has 1 aliphatic heterocycles. The number of hydrogen-bond acceptors (Lipinski definition) is 3. The SMILES string of the molecule is O=C(c1ccoc1C1CC1)N1CCc2c(Br)ccnc2C1. The third-order valence-electron chi connectivity index (χ3n) is 4.22. The minimum atomic E-state index is 0.0677. The zero-order chi connectivity index (χ0) is 14.4. The molecule has 1 amide bonds. The Morgan fingerprint density at radius 3 is 3.05 bits per heavy atom. The molecule has 0 spiro atoms. The third-order valence-corrected chi connectivity index (χ3v) is 4.96. The first-order valence-corrected chi connectivity index (χ1v) is 8.02. The molecule has 4 rings (SSSR count). The van der Waals surface area contributed by atoms with Crippen LogP contribution in [0.25, 0.3) is 0 Å². The number of rotatable bonds is 2. The summed E-state index contributed by atoms with van der Waals surface area (Å²) < 4.78 is 6.60. The number of nitrogens with zero attached hydrogens (tertiary/aromatic N) is 2. The van der Waals surface area contributed by atoms with Crippen molar-refractivity contribution >= 4 is 21.8 Å². The van der Waals surface area contributed by atoms with Crippen molar-refractivity contribution in [2.45, 2.75) is 31.7 Å².